The lowest BCUT2D eigenvalue weighted by molar-refractivity contribution is -0.248. The first-order valence-electron chi connectivity index (χ1n) is 17.2. The average molecular weight is 669 g/mol. The smallest absolute Gasteiger partial charge is 0.255 e. The Morgan fingerprint density at radius 3 is 2.06 bits per heavy atom. The van der Waals surface area contributed by atoms with Gasteiger partial charge in [-0.2, -0.15) is 0 Å². The molecule has 3 aliphatic heterocycles. The number of hydrogen-bond donors (Lipinski definition) is 3. The highest BCUT2D eigenvalue weighted by molar-refractivity contribution is 6.02. The Bertz CT molecular complexity index is 1780. The van der Waals surface area contributed by atoms with Gasteiger partial charge in [-0.05, 0) is 51.5 Å². The van der Waals surface area contributed by atoms with E-state index in [1.54, 1.807) is 6.20 Å². The van der Waals surface area contributed by atoms with Crippen molar-refractivity contribution in [3.05, 3.63) is 94.8 Å². The van der Waals surface area contributed by atoms with Crippen molar-refractivity contribution in [3.8, 4) is 11.5 Å². The molecule has 0 radical (unpaired) electrons. The number of aliphatic hydroxyl groups excluding tert-OH is 3. The van der Waals surface area contributed by atoms with Gasteiger partial charge in [-0.15, -0.1) is 5.10 Å². The predicted molar refractivity (Wildman–Crippen MR) is 184 cm³/mol. The molecule has 0 saturated carbocycles. The summed E-state index contributed by atoms with van der Waals surface area (Å²) < 4.78 is 13.8. The molecule has 258 valence electrons. The summed E-state index contributed by atoms with van der Waals surface area (Å²) in [5, 5.41) is 39.1. The molecule has 1 aromatic heterocycles. The molecule has 12 nitrogen and oxygen atoms in total. The van der Waals surface area contributed by atoms with Crippen molar-refractivity contribution in [2.24, 2.45) is 0 Å². The van der Waals surface area contributed by atoms with Crippen molar-refractivity contribution >= 4 is 17.3 Å². The zero-order chi connectivity index (χ0) is 34.4. The minimum atomic E-state index is -1.39. The van der Waals surface area contributed by atoms with Gasteiger partial charge in [-0.25, -0.2) is 4.68 Å². The quantitative estimate of drug-likeness (QED) is 0.229. The molecule has 49 heavy (non-hydrogen) atoms. The Morgan fingerprint density at radius 1 is 0.837 bits per heavy atom. The van der Waals surface area contributed by atoms with Gasteiger partial charge in [0.25, 0.3) is 5.91 Å². The lowest BCUT2D eigenvalue weighted by Crippen LogP contribution is -2.48. The summed E-state index contributed by atoms with van der Waals surface area (Å²) in [7, 11) is 0. The Labute approximate surface area is 286 Å². The number of ether oxygens (including phenoxy) is 2. The predicted octanol–water partition coefficient (Wildman–Crippen LogP) is 3.85. The maximum absolute atomic E-state index is 14.6. The van der Waals surface area contributed by atoms with Crippen LogP contribution in [-0.2, 0) is 23.4 Å². The van der Waals surface area contributed by atoms with Crippen LogP contribution >= 0.6 is 0 Å². The van der Waals surface area contributed by atoms with E-state index in [4.69, 9.17) is 9.47 Å². The second-order valence-corrected chi connectivity index (χ2v) is 12.8. The fourth-order valence-electron chi connectivity index (χ4n) is 7.71. The van der Waals surface area contributed by atoms with Crippen LogP contribution in [0.3, 0.4) is 0 Å². The Balaban J connectivity index is 1.35. The maximum Gasteiger partial charge on any atom is 0.255 e. The minimum absolute atomic E-state index is 0.0106. The Hall–Kier alpha value is -4.49. The van der Waals surface area contributed by atoms with Crippen molar-refractivity contribution < 1.29 is 29.6 Å². The highest BCUT2D eigenvalue weighted by Crippen LogP contribution is 2.58. The highest BCUT2D eigenvalue weighted by atomic mass is 16.6. The molecular formula is C37H44N6O6. The number of anilines is 2. The minimum Gasteiger partial charge on any atom is -0.456 e. The van der Waals surface area contributed by atoms with Gasteiger partial charge in [0.2, 0.25) is 0 Å². The molecule has 3 aromatic carbocycles. The van der Waals surface area contributed by atoms with E-state index < -0.39 is 30.1 Å². The van der Waals surface area contributed by atoms with Gasteiger partial charge >= 0.3 is 0 Å². The first-order chi connectivity index (χ1) is 23.7. The van der Waals surface area contributed by atoms with E-state index >= 15 is 0 Å². The zero-order valence-corrected chi connectivity index (χ0v) is 28.4. The van der Waals surface area contributed by atoms with Gasteiger partial charge < -0.3 is 39.5 Å². The van der Waals surface area contributed by atoms with Crippen molar-refractivity contribution in [3.63, 3.8) is 0 Å². The third kappa shape index (κ3) is 5.43. The fraction of sp³-hybridized carbons (Fsp3) is 0.432. The molecule has 3 aliphatic rings. The molecular weight excluding hydrogens is 624 g/mol. The van der Waals surface area contributed by atoms with E-state index in [1.165, 1.54) is 4.68 Å². The topological polar surface area (TPSA) is 137 Å². The number of nitrogens with zero attached hydrogens (tertiary/aromatic N) is 6. The van der Waals surface area contributed by atoms with Crippen LogP contribution in [0.15, 0.2) is 66.9 Å². The molecule has 7 rings (SSSR count). The molecule has 1 spiro atoms. The monoisotopic (exact) mass is 668 g/mol. The largest absolute Gasteiger partial charge is 0.456 e. The zero-order valence-electron chi connectivity index (χ0n) is 28.4. The number of carbonyl (C=O) groups is 1. The van der Waals surface area contributed by atoms with E-state index in [2.05, 4.69) is 84.2 Å². The molecule has 12 heteroatoms. The average Bonchev–Trinajstić information content (AvgIpc) is 3.65. The van der Waals surface area contributed by atoms with Gasteiger partial charge in [0.15, 0.2) is 6.29 Å². The van der Waals surface area contributed by atoms with Crippen LogP contribution in [0.25, 0.3) is 0 Å². The summed E-state index contributed by atoms with van der Waals surface area (Å²) in [5.74, 6) is 1.25. The van der Waals surface area contributed by atoms with Gasteiger partial charge in [-0.1, -0.05) is 35.5 Å². The molecule has 1 unspecified atom stereocenters. The van der Waals surface area contributed by atoms with Gasteiger partial charge in [-0.3, -0.25) is 4.79 Å². The number of hydrogen-bond acceptors (Lipinski definition) is 10. The van der Waals surface area contributed by atoms with E-state index in [1.807, 2.05) is 29.2 Å². The normalized spacial score (nSPS) is 22.0. The summed E-state index contributed by atoms with van der Waals surface area (Å²) in [4.78, 5) is 21.0. The van der Waals surface area contributed by atoms with Crippen molar-refractivity contribution in [1.29, 1.82) is 0 Å². The fourth-order valence-corrected chi connectivity index (χ4v) is 7.71. The number of amides is 1. The molecule has 1 amide bonds. The van der Waals surface area contributed by atoms with Crippen LogP contribution in [-0.4, -0.2) is 91.9 Å². The SMILES string of the molecule is CCN(CC)c1ccc2c(c1)Oc1cc(N(CC)CC)ccc1C21c2ccccc2C(=O)N1Cc1cn(CC2O[C@H](O)[C@@H](O)C[C@H]2O)nn1. The molecule has 4 aromatic rings. The Morgan fingerprint density at radius 2 is 1.45 bits per heavy atom. The summed E-state index contributed by atoms with van der Waals surface area (Å²) in [6.07, 6.45) is -2.61. The third-order valence-corrected chi connectivity index (χ3v) is 10.2. The second kappa shape index (κ2) is 13.1. The van der Waals surface area contributed by atoms with Gasteiger partial charge in [0, 0.05) is 72.8 Å². The standard InChI is InChI=1S/C37H44N6O6/c1-5-40(6-2)24-13-15-28-32(17-24)48-33-18-25(41(7-3)8-4)14-16-29(33)37(28)27-12-10-9-11-26(27)35(46)43(37)21-23-20-42(39-38-23)22-34-30(44)19-31(45)36(47)49-34/h9-18,20,30-31,34,36,44-45,47H,5-8,19,21-22H2,1-4H3/t30-,31+,34?,36+/m1/s1. The molecule has 4 heterocycles. The van der Waals surface area contributed by atoms with E-state index in [0.29, 0.717) is 22.8 Å². The number of rotatable bonds is 10. The number of aliphatic hydroxyl groups is 3. The summed E-state index contributed by atoms with van der Waals surface area (Å²) in [6, 6.07) is 20.3. The first kappa shape index (κ1) is 33.0. The van der Waals surface area contributed by atoms with Crippen LogP contribution in [0.5, 0.6) is 11.5 Å². The van der Waals surface area contributed by atoms with Gasteiger partial charge in [0.05, 0.1) is 25.4 Å². The molecule has 3 N–H and O–H groups in total. The lowest BCUT2D eigenvalue weighted by atomic mass is 9.74. The van der Waals surface area contributed by atoms with Gasteiger partial charge in [0.1, 0.15) is 34.9 Å². The molecule has 1 saturated heterocycles. The number of benzene rings is 3. The van der Waals surface area contributed by atoms with Crippen molar-refractivity contribution in [1.82, 2.24) is 19.9 Å². The number of carbonyl (C=O) groups excluding carboxylic acids is 1. The van der Waals surface area contributed by atoms with Crippen molar-refractivity contribution in [2.75, 3.05) is 36.0 Å². The van der Waals surface area contributed by atoms with Crippen LogP contribution in [0, 0.1) is 0 Å². The summed E-state index contributed by atoms with van der Waals surface area (Å²) in [6.45, 7) is 12.1. The van der Waals surface area contributed by atoms with Crippen LogP contribution in [0.1, 0.15) is 66.9 Å². The maximum atomic E-state index is 14.6. The molecule has 0 bridgehead atoms. The summed E-state index contributed by atoms with van der Waals surface area (Å²) in [5.41, 5.74) is 4.81. The lowest BCUT2D eigenvalue weighted by Gasteiger charge is -2.44. The van der Waals surface area contributed by atoms with E-state index in [-0.39, 0.29) is 25.4 Å². The molecule has 1 fully saturated rings. The van der Waals surface area contributed by atoms with Crippen molar-refractivity contribution in [2.45, 2.75) is 77.3 Å². The third-order valence-electron chi connectivity index (χ3n) is 10.2. The second-order valence-electron chi connectivity index (χ2n) is 12.8. The van der Waals surface area contributed by atoms with E-state index in [9.17, 15) is 20.1 Å². The van der Waals surface area contributed by atoms with Crippen LogP contribution in [0.2, 0.25) is 0 Å². The highest BCUT2D eigenvalue weighted by Gasteiger charge is 2.56. The number of aromatic nitrogens is 3. The van der Waals surface area contributed by atoms with E-state index in [0.717, 1.165) is 54.2 Å². The molecule has 4 atom stereocenters. The molecule has 0 aliphatic carbocycles. The number of fused-ring (bicyclic) bond motifs is 6. The van der Waals surface area contributed by atoms with Crippen LogP contribution in [0.4, 0.5) is 11.4 Å². The first-order valence-corrected chi connectivity index (χ1v) is 17.2. The Kier molecular flexibility index (Phi) is 8.82. The van der Waals surface area contributed by atoms with Crippen LogP contribution < -0.4 is 14.5 Å². The summed E-state index contributed by atoms with van der Waals surface area (Å²) >= 11 is 0.